The maximum Gasteiger partial charge on any atom is 0.312 e. The highest BCUT2D eigenvalue weighted by Crippen LogP contribution is 2.68. The number of aliphatic hydroxyl groups is 2. The van der Waals surface area contributed by atoms with Crippen LogP contribution in [-0.4, -0.2) is 65.9 Å². The Morgan fingerprint density at radius 2 is 1.51 bits per heavy atom. The first-order chi connectivity index (χ1) is 25.2. The van der Waals surface area contributed by atoms with Gasteiger partial charge in [-0.15, -0.1) is 0 Å². The Balaban J connectivity index is 0.866. The van der Waals surface area contributed by atoms with Crippen molar-refractivity contribution in [1.82, 2.24) is 0 Å². The monoisotopic (exact) mass is 743 g/mol. The van der Waals surface area contributed by atoms with E-state index in [2.05, 4.69) is 20.8 Å². The van der Waals surface area contributed by atoms with Crippen LogP contribution in [0.5, 0.6) is 0 Å². The second kappa shape index (κ2) is 15.3. The van der Waals surface area contributed by atoms with E-state index in [-0.39, 0.29) is 101 Å². The predicted octanol–water partition coefficient (Wildman–Crippen LogP) is 7.63. The molecule has 300 valence electrons. The smallest absolute Gasteiger partial charge is 0.312 e. The SMILES string of the molecule is CCC(C)C(=O)OC1CC[C@@]2(C)C(C1)CC(O)C1C2CC(O)[C@]2(C)C(C(C)CCC(=O)OC(C)OCCOC(=O)C34CC5CC(CC(C5)C3)C4)CCC12. The zero-order valence-corrected chi connectivity index (χ0v) is 33.6. The lowest BCUT2D eigenvalue weighted by molar-refractivity contribution is -0.210. The summed E-state index contributed by atoms with van der Waals surface area (Å²) in [5.74, 6) is 2.86. The average molecular weight is 743 g/mol. The molecule has 0 radical (unpaired) electrons. The number of aliphatic hydroxyl groups excluding tert-OH is 2. The summed E-state index contributed by atoms with van der Waals surface area (Å²) in [5.41, 5.74) is -0.590. The molecule has 2 N–H and O–H groups in total. The molecule has 8 aliphatic rings. The first kappa shape index (κ1) is 39.5. The van der Waals surface area contributed by atoms with Gasteiger partial charge in [0.25, 0.3) is 0 Å². The van der Waals surface area contributed by atoms with Gasteiger partial charge in [0.15, 0.2) is 6.29 Å². The van der Waals surface area contributed by atoms with Gasteiger partial charge in [-0.2, -0.15) is 0 Å². The molecule has 13 atom stereocenters. The summed E-state index contributed by atoms with van der Waals surface area (Å²) >= 11 is 0. The molecule has 0 aromatic heterocycles. The third-order valence-electron chi connectivity index (χ3n) is 17.0. The summed E-state index contributed by atoms with van der Waals surface area (Å²) < 4.78 is 23.0. The third-order valence-corrected chi connectivity index (χ3v) is 17.0. The van der Waals surface area contributed by atoms with E-state index in [1.807, 2.05) is 13.8 Å². The van der Waals surface area contributed by atoms with Gasteiger partial charge in [-0.25, -0.2) is 0 Å². The molecule has 0 saturated heterocycles. The van der Waals surface area contributed by atoms with Gasteiger partial charge < -0.3 is 29.2 Å². The minimum atomic E-state index is -0.721. The fourth-order valence-corrected chi connectivity index (χ4v) is 14.4. The number of hydrogen-bond donors (Lipinski definition) is 2. The van der Waals surface area contributed by atoms with Gasteiger partial charge in [0.1, 0.15) is 12.7 Å². The van der Waals surface area contributed by atoms with E-state index in [0.717, 1.165) is 64.2 Å². The van der Waals surface area contributed by atoms with Gasteiger partial charge in [-0.05, 0) is 167 Å². The van der Waals surface area contributed by atoms with Crippen LogP contribution in [-0.2, 0) is 33.3 Å². The van der Waals surface area contributed by atoms with Crippen molar-refractivity contribution in [3.05, 3.63) is 0 Å². The van der Waals surface area contributed by atoms with Gasteiger partial charge >= 0.3 is 17.9 Å². The van der Waals surface area contributed by atoms with E-state index in [0.29, 0.717) is 30.6 Å². The largest absolute Gasteiger partial charge is 0.463 e. The van der Waals surface area contributed by atoms with Crippen molar-refractivity contribution in [2.75, 3.05) is 13.2 Å². The van der Waals surface area contributed by atoms with Crippen molar-refractivity contribution in [3.8, 4) is 0 Å². The second-order valence-electron chi connectivity index (χ2n) is 20.0. The van der Waals surface area contributed by atoms with Crippen molar-refractivity contribution >= 4 is 17.9 Å². The maximum absolute atomic E-state index is 13.1. The summed E-state index contributed by atoms with van der Waals surface area (Å²) in [5, 5.41) is 23.8. The molecule has 8 fully saturated rings. The van der Waals surface area contributed by atoms with Crippen LogP contribution in [0.4, 0.5) is 0 Å². The molecule has 11 unspecified atom stereocenters. The summed E-state index contributed by atoms with van der Waals surface area (Å²) in [6.45, 7) is 12.9. The van der Waals surface area contributed by atoms with Gasteiger partial charge in [0.2, 0.25) is 0 Å². The zero-order valence-electron chi connectivity index (χ0n) is 33.6. The van der Waals surface area contributed by atoms with Crippen LogP contribution in [0.1, 0.15) is 144 Å². The lowest BCUT2D eigenvalue weighted by Crippen LogP contribution is -2.62. The normalized spacial score (nSPS) is 45.6. The van der Waals surface area contributed by atoms with Crippen molar-refractivity contribution in [1.29, 1.82) is 0 Å². The fourth-order valence-electron chi connectivity index (χ4n) is 14.4. The molecule has 0 aliphatic heterocycles. The first-order valence-corrected chi connectivity index (χ1v) is 21.7. The molecule has 9 heteroatoms. The number of carbonyl (C=O) groups is 3. The summed E-state index contributed by atoms with van der Waals surface area (Å²) in [6.07, 6.45) is 12.8. The van der Waals surface area contributed by atoms with Crippen LogP contribution >= 0.6 is 0 Å². The molecule has 9 nitrogen and oxygen atoms in total. The minimum absolute atomic E-state index is 0.00774. The molecule has 53 heavy (non-hydrogen) atoms. The van der Waals surface area contributed by atoms with Crippen LogP contribution in [0.2, 0.25) is 0 Å². The van der Waals surface area contributed by atoms with Crippen molar-refractivity contribution in [2.45, 2.75) is 169 Å². The number of esters is 3. The Morgan fingerprint density at radius 3 is 2.17 bits per heavy atom. The van der Waals surface area contributed by atoms with Crippen molar-refractivity contribution < 1.29 is 43.5 Å². The van der Waals surface area contributed by atoms with Crippen LogP contribution in [0.15, 0.2) is 0 Å². The molecular weight excluding hydrogens is 672 g/mol. The van der Waals surface area contributed by atoms with E-state index >= 15 is 0 Å². The lowest BCUT2D eigenvalue weighted by Gasteiger charge is -2.63. The average Bonchev–Trinajstić information content (AvgIpc) is 3.47. The van der Waals surface area contributed by atoms with E-state index < -0.39 is 18.5 Å². The standard InChI is InChI=1S/C44H70O9/c1-7-25(2)40(48)53-32-12-13-42(5)31(19-32)20-36(45)39-34-10-9-33(43(34,6)37(46)21-35(39)42)26(3)8-11-38(47)52-27(4)50-14-15-51-41(49)44-22-28-16-29(23-44)18-30(17-28)24-44/h25-37,39,45-46H,7-24H2,1-6H3/t25?,26?,27?,28?,29?,30?,31?,32?,33?,34?,35?,36?,37?,39?,42-,43+,44?/m0/s1. The highest BCUT2D eigenvalue weighted by atomic mass is 16.7. The number of fused-ring (bicyclic) bond motifs is 5. The number of ether oxygens (including phenoxy) is 4. The second-order valence-corrected chi connectivity index (χ2v) is 20.0. The highest BCUT2D eigenvalue weighted by molar-refractivity contribution is 5.77. The van der Waals surface area contributed by atoms with Crippen molar-refractivity contribution in [3.63, 3.8) is 0 Å². The van der Waals surface area contributed by atoms with Gasteiger partial charge in [0, 0.05) is 6.42 Å². The third kappa shape index (κ3) is 7.35. The Labute approximate surface area is 318 Å². The Kier molecular flexibility index (Phi) is 11.4. The molecule has 8 saturated carbocycles. The Morgan fingerprint density at radius 1 is 0.830 bits per heavy atom. The Bertz CT molecular complexity index is 1310. The van der Waals surface area contributed by atoms with Crippen LogP contribution in [0.25, 0.3) is 0 Å². The molecule has 4 bridgehead atoms. The molecular formula is C44H70O9. The maximum atomic E-state index is 13.1. The quantitative estimate of drug-likeness (QED) is 0.0848. The predicted molar refractivity (Wildman–Crippen MR) is 199 cm³/mol. The zero-order chi connectivity index (χ0) is 37.9. The number of carbonyl (C=O) groups excluding carboxylic acids is 3. The van der Waals surface area contributed by atoms with Crippen LogP contribution < -0.4 is 0 Å². The molecule has 0 amide bonds. The van der Waals surface area contributed by atoms with Gasteiger partial charge in [-0.1, -0.05) is 34.6 Å². The molecule has 0 heterocycles. The van der Waals surface area contributed by atoms with E-state index in [1.54, 1.807) is 6.92 Å². The fraction of sp³-hybridized carbons (Fsp3) is 0.932. The Hall–Kier alpha value is -1.71. The van der Waals surface area contributed by atoms with Gasteiger partial charge in [-0.3, -0.25) is 14.4 Å². The molecule has 8 aliphatic carbocycles. The number of rotatable bonds is 13. The van der Waals surface area contributed by atoms with Crippen molar-refractivity contribution in [2.24, 2.45) is 75.4 Å². The van der Waals surface area contributed by atoms with Crippen LogP contribution in [0, 0.1) is 75.4 Å². The first-order valence-electron chi connectivity index (χ1n) is 21.7. The van der Waals surface area contributed by atoms with Crippen LogP contribution in [0.3, 0.4) is 0 Å². The minimum Gasteiger partial charge on any atom is -0.463 e. The van der Waals surface area contributed by atoms with E-state index in [4.69, 9.17) is 18.9 Å². The topological polar surface area (TPSA) is 129 Å². The summed E-state index contributed by atoms with van der Waals surface area (Å²) in [7, 11) is 0. The molecule has 0 aromatic rings. The lowest BCUT2D eigenvalue weighted by atomic mass is 9.43. The molecule has 8 rings (SSSR count). The number of hydrogen-bond acceptors (Lipinski definition) is 9. The summed E-state index contributed by atoms with van der Waals surface area (Å²) in [4.78, 5) is 38.6. The summed E-state index contributed by atoms with van der Waals surface area (Å²) in [6, 6.07) is 0. The van der Waals surface area contributed by atoms with Gasteiger partial charge in [0.05, 0.1) is 30.1 Å². The highest BCUT2D eigenvalue weighted by Gasteiger charge is 2.66. The van der Waals surface area contributed by atoms with E-state index in [9.17, 15) is 24.6 Å². The molecule has 0 spiro atoms. The van der Waals surface area contributed by atoms with E-state index in [1.165, 1.54) is 19.3 Å². The molecule has 0 aromatic carbocycles.